The van der Waals surface area contributed by atoms with Gasteiger partial charge in [0.25, 0.3) is 0 Å². The summed E-state index contributed by atoms with van der Waals surface area (Å²) in [4.78, 5) is 13.1. The summed E-state index contributed by atoms with van der Waals surface area (Å²) in [6.07, 6.45) is 0. The Kier molecular flexibility index (Phi) is 3.54. The molecule has 0 saturated carbocycles. The van der Waals surface area contributed by atoms with E-state index >= 15 is 0 Å². The molecule has 0 atom stereocenters. The molecule has 4 N–H and O–H groups in total. The molecule has 0 aliphatic heterocycles. The van der Waals surface area contributed by atoms with E-state index in [0.717, 1.165) is 9.79 Å². The van der Waals surface area contributed by atoms with Crippen LogP contribution in [0.4, 0.5) is 5.69 Å². The van der Waals surface area contributed by atoms with Crippen LogP contribution in [0.1, 0.15) is 10.4 Å². The van der Waals surface area contributed by atoms with Crippen LogP contribution in [0.3, 0.4) is 0 Å². The molecule has 3 nitrogen and oxygen atoms in total. The molecule has 0 bridgehead atoms. The number of fused-ring (bicyclic) bond motifs is 1. The van der Waals surface area contributed by atoms with Gasteiger partial charge in [0.15, 0.2) is 0 Å². The van der Waals surface area contributed by atoms with Gasteiger partial charge in [0.2, 0.25) is 5.91 Å². The molecule has 0 aliphatic carbocycles. The van der Waals surface area contributed by atoms with Crippen LogP contribution >= 0.6 is 11.8 Å². The van der Waals surface area contributed by atoms with Crippen molar-refractivity contribution < 1.29 is 4.79 Å². The number of anilines is 1. The first kappa shape index (κ1) is 13.5. The van der Waals surface area contributed by atoms with Gasteiger partial charge in [0.05, 0.1) is 0 Å². The number of carbonyl (C=O) groups is 1. The number of nitrogens with two attached hydrogens (primary N) is 2. The fourth-order valence-corrected chi connectivity index (χ4v) is 3.04. The fourth-order valence-electron chi connectivity index (χ4n) is 2.15. The molecule has 3 aromatic carbocycles. The van der Waals surface area contributed by atoms with E-state index in [1.807, 2.05) is 18.2 Å². The number of amides is 1. The predicted octanol–water partition coefficient (Wildman–Crippen LogP) is 3.67. The molecule has 0 saturated heterocycles. The van der Waals surface area contributed by atoms with E-state index in [1.54, 1.807) is 23.9 Å². The second-order valence-electron chi connectivity index (χ2n) is 4.73. The Morgan fingerprint density at radius 2 is 1.67 bits per heavy atom. The maximum Gasteiger partial charge on any atom is 0.248 e. The molecule has 3 rings (SSSR count). The molecule has 0 aromatic heterocycles. The minimum absolute atomic E-state index is 0.426. The van der Waals surface area contributed by atoms with Crippen LogP contribution in [0.25, 0.3) is 10.8 Å². The maximum atomic E-state index is 11.1. The number of primary amides is 1. The summed E-state index contributed by atoms with van der Waals surface area (Å²) in [6.45, 7) is 0. The van der Waals surface area contributed by atoms with Crippen molar-refractivity contribution in [3.8, 4) is 0 Å². The number of nitrogen functional groups attached to an aromatic ring is 1. The molecular formula is C17H14N2OS. The van der Waals surface area contributed by atoms with Crippen molar-refractivity contribution in [2.24, 2.45) is 5.73 Å². The van der Waals surface area contributed by atoms with Crippen molar-refractivity contribution in [3.05, 3.63) is 66.2 Å². The second kappa shape index (κ2) is 5.50. The van der Waals surface area contributed by atoms with Gasteiger partial charge in [0.1, 0.15) is 0 Å². The van der Waals surface area contributed by atoms with Crippen LogP contribution in [0.5, 0.6) is 0 Å². The van der Waals surface area contributed by atoms with E-state index < -0.39 is 5.91 Å². The van der Waals surface area contributed by atoms with Crippen LogP contribution in [0.2, 0.25) is 0 Å². The first-order chi connectivity index (χ1) is 10.1. The minimum Gasteiger partial charge on any atom is -0.398 e. The highest BCUT2D eigenvalue weighted by atomic mass is 32.2. The molecule has 3 aromatic rings. The third kappa shape index (κ3) is 2.85. The fraction of sp³-hybridized carbons (Fsp3) is 0. The molecule has 4 heteroatoms. The smallest absolute Gasteiger partial charge is 0.248 e. The largest absolute Gasteiger partial charge is 0.398 e. The summed E-state index contributed by atoms with van der Waals surface area (Å²) in [7, 11) is 0. The lowest BCUT2D eigenvalue weighted by Crippen LogP contribution is -2.11. The average Bonchev–Trinajstić information content (AvgIpc) is 2.49. The van der Waals surface area contributed by atoms with E-state index in [9.17, 15) is 4.79 Å². The van der Waals surface area contributed by atoms with E-state index in [2.05, 4.69) is 30.3 Å². The van der Waals surface area contributed by atoms with E-state index in [0.29, 0.717) is 11.3 Å². The van der Waals surface area contributed by atoms with Gasteiger partial charge in [-0.3, -0.25) is 4.79 Å². The van der Waals surface area contributed by atoms with Gasteiger partial charge in [-0.15, -0.1) is 0 Å². The zero-order valence-corrected chi connectivity index (χ0v) is 12.1. The van der Waals surface area contributed by atoms with Crippen molar-refractivity contribution in [2.45, 2.75) is 9.79 Å². The van der Waals surface area contributed by atoms with Gasteiger partial charge in [-0.2, -0.15) is 0 Å². The zero-order valence-electron chi connectivity index (χ0n) is 11.2. The summed E-state index contributed by atoms with van der Waals surface area (Å²) in [5.41, 5.74) is 12.2. The molecule has 0 spiro atoms. The van der Waals surface area contributed by atoms with Gasteiger partial charge in [-0.05, 0) is 41.1 Å². The van der Waals surface area contributed by atoms with Crippen molar-refractivity contribution in [1.29, 1.82) is 0 Å². The van der Waals surface area contributed by atoms with Crippen LogP contribution in [-0.4, -0.2) is 5.91 Å². The zero-order chi connectivity index (χ0) is 14.8. The Labute approximate surface area is 126 Å². The van der Waals surface area contributed by atoms with Gasteiger partial charge in [-0.1, -0.05) is 42.1 Å². The quantitative estimate of drug-likeness (QED) is 0.724. The summed E-state index contributed by atoms with van der Waals surface area (Å²) in [6, 6.07) is 19.6. The molecule has 21 heavy (non-hydrogen) atoms. The van der Waals surface area contributed by atoms with Crippen LogP contribution in [0, 0.1) is 0 Å². The summed E-state index contributed by atoms with van der Waals surface area (Å²) >= 11 is 1.57. The van der Waals surface area contributed by atoms with Crippen molar-refractivity contribution in [1.82, 2.24) is 0 Å². The number of carbonyl (C=O) groups excluding carboxylic acids is 1. The summed E-state index contributed by atoms with van der Waals surface area (Å²) < 4.78 is 0. The Morgan fingerprint density at radius 1 is 0.905 bits per heavy atom. The minimum atomic E-state index is -0.469. The second-order valence-corrected chi connectivity index (χ2v) is 5.84. The average molecular weight is 294 g/mol. The van der Waals surface area contributed by atoms with Crippen molar-refractivity contribution >= 4 is 34.1 Å². The van der Waals surface area contributed by atoms with Crippen molar-refractivity contribution in [3.63, 3.8) is 0 Å². The Balaban J connectivity index is 1.93. The lowest BCUT2D eigenvalue weighted by atomic mass is 10.1. The highest BCUT2D eigenvalue weighted by molar-refractivity contribution is 7.99. The van der Waals surface area contributed by atoms with Crippen molar-refractivity contribution in [2.75, 3.05) is 5.73 Å². The number of rotatable bonds is 3. The maximum absolute atomic E-state index is 11.1. The molecule has 0 aliphatic rings. The third-order valence-corrected chi connectivity index (χ3v) is 4.32. The monoisotopic (exact) mass is 294 g/mol. The number of hydrogen-bond acceptors (Lipinski definition) is 3. The molecule has 104 valence electrons. The predicted molar refractivity (Wildman–Crippen MR) is 87.4 cm³/mol. The Bertz CT molecular complexity index is 830. The first-order valence-electron chi connectivity index (χ1n) is 6.49. The third-order valence-electron chi connectivity index (χ3n) is 3.24. The summed E-state index contributed by atoms with van der Waals surface area (Å²) in [5.74, 6) is -0.469. The topological polar surface area (TPSA) is 69.1 Å². The van der Waals surface area contributed by atoms with Gasteiger partial charge in [-0.25, -0.2) is 0 Å². The van der Waals surface area contributed by atoms with Crippen LogP contribution in [-0.2, 0) is 0 Å². The molecule has 0 heterocycles. The molecule has 0 radical (unpaired) electrons. The SMILES string of the molecule is NC(=O)c1ccc(Sc2ccc3ccccc3c2)c(N)c1. The Morgan fingerprint density at radius 3 is 2.38 bits per heavy atom. The molecule has 1 amide bonds. The van der Waals surface area contributed by atoms with E-state index in [4.69, 9.17) is 11.5 Å². The normalized spacial score (nSPS) is 10.7. The lowest BCUT2D eigenvalue weighted by molar-refractivity contribution is 0.100. The van der Waals surface area contributed by atoms with Gasteiger partial charge < -0.3 is 11.5 Å². The molecule has 0 unspecified atom stereocenters. The van der Waals surface area contributed by atoms with Crippen LogP contribution < -0.4 is 11.5 Å². The van der Waals surface area contributed by atoms with E-state index in [1.165, 1.54) is 10.8 Å². The van der Waals surface area contributed by atoms with Gasteiger partial charge >= 0.3 is 0 Å². The van der Waals surface area contributed by atoms with E-state index in [-0.39, 0.29) is 0 Å². The summed E-state index contributed by atoms with van der Waals surface area (Å²) in [5, 5.41) is 2.40. The standard InChI is InChI=1S/C17H14N2OS/c18-15-10-13(17(19)20)6-8-16(15)21-14-7-5-11-3-1-2-4-12(11)9-14/h1-10H,18H2,(H2,19,20). The highest BCUT2D eigenvalue weighted by Crippen LogP contribution is 2.34. The Hall–Kier alpha value is -2.46. The first-order valence-corrected chi connectivity index (χ1v) is 7.31. The lowest BCUT2D eigenvalue weighted by Gasteiger charge is -2.07. The molecular weight excluding hydrogens is 280 g/mol. The number of benzene rings is 3. The van der Waals surface area contributed by atoms with Crippen LogP contribution in [0.15, 0.2) is 70.5 Å². The van der Waals surface area contributed by atoms with Gasteiger partial charge in [0, 0.05) is 21.0 Å². The highest BCUT2D eigenvalue weighted by Gasteiger charge is 2.07. The molecule has 0 fully saturated rings. The number of hydrogen-bond donors (Lipinski definition) is 2.